The first-order valence-corrected chi connectivity index (χ1v) is 14.2. The molecule has 42 heavy (non-hydrogen) atoms. The van der Waals surface area contributed by atoms with Gasteiger partial charge in [0.2, 0.25) is 5.91 Å². The molecular weight excluding hydrogens is 550 g/mol. The number of anilines is 2. The Hall–Kier alpha value is -4.59. The molecule has 214 valence electrons. The SMILES string of the molecule is CC(C)(C)CNc1c(C#N)cnc2c(Cl)cc(N[C@H](C3=CN(C4(C(N)=O)CC4)NN3)c3cccc4cnccc34)cc12. The minimum atomic E-state index is -0.749. The summed E-state index contributed by atoms with van der Waals surface area (Å²) >= 11 is 6.81. The first kappa shape index (κ1) is 27.6. The number of nitrogens with zero attached hydrogens (tertiary/aromatic N) is 4. The van der Waals surface area contributed by atoms with Gasteiger partial charge in [-0.3, -0.25) is 19.8 Å². The van der Waals surface area contributed by atoms with Gasteiger partial charge in [-0.2, -0.15) is 5.26 Å². The van der Waals surface area contributed by atoms with E-state index >= 15 is 0 Å². The average molecular weight is 582 g/mol. The third kappa shape index (κ3) is 5.02. The molecule has 1 aliphatic heterocycles. The Labute approximate surface area is 248 Å². The van der Waals surface area contributed by atoms with Crippen molar-refractivity contribution in [1.29, 1.82) is 5.26 Å². The van der Waals surface area contributed by atoms with Crippen LogP contribution < -0.4 is 27.3 Å². The maximum Gasteiger partial charge on any atom is 0.244 e. The molecule has 3 heterocycles. The maximum absolute atomic E-state index is 12.3. The first-order valence-electron chi connectivity index (χ1n) is 13.8. The lowest BCUT2D eigenvalue weighted by Crippen LogP contribution is -2.51. The monoisotopic (exact) mass is 581 g/mol. The lowest BCUT2D eigenvalue weighted by molar-refractivity contribution is -0.124. The number of rotatable bonds is 8. The molecule has 6 N–H and O–H groups in total. The number of pyridine rings is 2. The molecule has 10 nitrogen and oxygen atoms in total. The van der Waals surface area contributed by atoms with E-state index in [1.54, 1.807) is 17.4 Å². The molecular formula is C31H32ClN9O. The molecule has 11 heteroatoms. The molecule has 1 amide bonds. The zero-order valence-corrected chi connectivity index (χ0v) is 24.4. The van der Waals surface area contributed by atoms with E-state index in [2.05, 4.69) is 64.5 Å². The first-order chi connectivity index (χ1) is 20.1. The van der Waals surface area contributed by atoms with Crippen LogP contribution in [0, 0.1) is 16.7 Å². The normalized spacial score (nSPS) is 16.5. The molecule has 0 saturated heterocycles. The number of nitriles is 1. The quantitative estimate of drug-likeness (QED) is 0.192. The van der Waals surface area contributed by atoms with Crippen molar-refractivity contribution in [2.45, 2.75) is 45.2 Å². The van der Waals surface area contributed by atoms with Crippen LogP contribution in [0.5, 0.6) is 0 Å². The van der Waals surface area contributed by atoms with Crippen molar-refractivity contribution >= 4 is 50.6 Å². The summed E-state index contributed by atoms with van der Waals surface area (Å²) < 4.78 is 0. The van der Waals surface area contributed by atoms with Gasteiger partial charge in [0.15, 0.2) is 0 Å². The molecule has 4 aromatic rings. The standard InChI is InChI=1S/C31H32ClN9O/c1-30(2,3)17-37-26-19(13-33)15-36-27-23(26)11-20(12-24(27)32)38-28(22-6-4-5-18-14-35-10-7-21(18)22)25-16-41(40-39-25)31(8-9-31)29(34)42/h4-7,10-12,14-16,28,38-40H,8-9,17H2,1-3H3,(H2,34,42)(H,36,37)/t28-/m0/s1. The molecule has 2 aromatic carbocycles. The van der Waals surface area contributed by atoms with Crippen molar-refractivity contribution in [3.8, 4) is 6.07 Å². The van der Waals surface area contributed by atoms with E-state index in [-0.39, 0.29) is 17.4 Å². The van der Waals surface area contributed by atoms with E-state index in [1.807, 2.05) is 42.7 Å². The van der Waals surface area contributed by atoms with E-state index in [1.165, 1.54) is 0 Å². The Kier molecular flexibility index (Phi) is 6.80. The number of amides is 1. The summed E-state index contributed by atoms with van der Waals surface area (Å²) in [7, 11) is 0. The number of carbonyl (C=O) groups excluding carboxylic acids is 1. The molecule has 1 saturated carbocycles. The molecule has 0 bridgehead atoms. The van der Waals surface area contributed by atoms with Crippen molar-refractivity contribution in [1.82, 2.24) is 25.9 Å². The Morgan fingerprint density at radius 3 is 2.76 bits per heavy atom. The molecule has 0 spiro atoms. The van der Waals surface area contributed by atoms with E-state index < -0.39 is 5.54 Å². The zero-order chi connectivity index (χ0) is 29.6. The smallest absolute Gasteiger partial charge is 0.244 e. The Bertz CT molecular complexity index is 1780. The summed E-state index contributed by atoms with van der Waals surface area (Å²) in [5, 5.41) is 22.0. The zero-order valence-electron chi connectivity index (χ0n) is 23.6. The van der Waals surface area contributed by atoms with Gasteiger partial charge in [-0.1, -0.05) is 50.6 Å². The number of carbonyl (C=O) groups is 1. The third-order valence-corrected chi connectivity index (χ3v) is 8.01. The highest BCUT2D eigenvalue weighted by molar-refractivity contribution is 6.35. The molecule has 1 atom stereocenters. The maximum atomic E-state index is 12.3. The van der Waals surface area contributed by atoms with E-state index in [4.69, 9.17) is 17.3 Å². The van der Waals surface area contributed by atoms with Gasteiger partial charge >= 0.3 is 0 Å². The highest BCUT2D eigenvalue weighted by Gasteiger charge is 2.54. The van der Waals surface area contributed by atoms with Gasteiger partial charge in [0.25, 0.3) is 0 Å². The van der Waals surface area contributed by atoms with Crippen LogP contribution in [0.1, 0.15) is 50.8 Å². The van der Waals surface area contributed by atoms with Crippen LogP contribution in [0.4, 0.5) is 11.4 Å². The fourth-order valence-electron chi connectivity index (χ4n) is 5.29. The van der Waals surface area contributed by atoms with Crippen molar-refractivity contribution in [2.75, 3.05) is 17.2 Å². The minimum absolute atomic E-state index is 0.0143. The average Bonchev–Trinajstić information content (AvgIpc) is 3.64. The summed E-state index contributed by atoms with van der Waals surface area (Å²) in [5.74, 6) is -0.368. The van der Waals surface area contributed by atoms with Crippen LogP contribution in [-0.2, 0) is 4.79 Å². The minimum Gasteiger partial charge on any atom is -0.383 e. The predicted molar refractivity (Wildman–Crippen MR) is 165 cm³/mol. The van der Waals surface area contributed by atoms with Crippen LogP contribution >= 0.6 is 11.6 Å². The van der Waals surface area contributed by atoms with Gasteiger partial charge < -0.3 is 21.8 Å². The Morgan fingerprint density at radius 1 is 1.24 bits per heavy atom. The molecule has 0 unspecified atom stereocenters. The molecule has 1 fully saturated rings. The highest BCUT2D eigenvalue weighted by atomic mass is 35.5. The summed E-state index contributed by atoms with van der Waals surface area (Å²) in [6.45, 7) is 7.04. The van der Waals surface area contributed by atoms with Gasteiger partial charge in [-0.05, 0) is 47.4 Å². The number of hydrogen-bond acceptors (Lipinski definition) is 9. The van der Waals surface area contributed by atoms with Gasteiger partial charge in [0.1, 0.15) is 11.6 Å². The fraction of sp³-hybridized carbons (Fsp3) is 0.290. The number of hydrogen-bond donors (Lipinski definition) is 5. The number of halogens is 1. The van der Waals surface area contributed by atoms with Crippen molar-refractivity contribution < 1.29 is 4.79 Å². The molecule has 2 aromatic heterocycles. The predicted octanol–water partition coefficient (Wildman–Crippen LogP) is 5.10. The van der Waals surface area contributed by atoms with E-state index in [0.29, 0.717) is 41.2 Å². The number of primary amides is 1. The molecule has 0 radical (unpaired) electrons. The number of hydrazine groups is 2. The number of nitrogens with two attached hydrogens (primary N) is 1. The summed E-state index contributed by atoms with van der Waals surface area (Å²) in [5.41, 5.74) is 15.6. The summed E-state index contributed by atoms with van der Waals surface area (Å²) in [6.07, 6.45) is 8.40. The van der Waals surface area contributed by atoms with Gasteiger partial charge in [0.05, 0.1) is 33.5 Å². The highest BCUT2D eigenvalue weighted by Crippen LogP contribution is 2.43. The van der Waals surface area contributed by atoms with Crippen LogP contribution in [0.3, 0.4) is 0 Å². The fourth-order valence-corrected chi connectivity index (χ4v) is 5.56. The van der Waals surface area contributed by atoms with Crippen LogP contribution in [-0.4, -0.2) is 33.0 Å². The summed E-state index contributed by atoms with van der Waals surface area (Å²) in [6, 6.07) is 13.7. The number of fused-ring (bicyclic) bond motifs is 2. The van der Waals surface area contributed by atoms with Crippen LogP contribution in [0.15, 0.2) is 66.9 Å². The van der Waals surface area contributed by atoms with Crippen LogP contribution in [0.25, 0.3) is 21.7 Å². The topological polar surface area (TPSA) is 144 Å². The largest absolute Gasteiger partial charge is 0.383 e. The van der Waals surface area contributed by atoms with E-state index in [0.717, 1.165) is 33.1 Å². The van der Waals surface area contributed by atoms with Crippen LogP contribution in [0.2, 0.25) is 5.02 Å². The van der Waals surface area contributed by atoms with Crippen molar-refractivity contribution in [2.24, 2.45) is 11.1 Å². The molecule has 1 aliphatic carbocycles. The van der Waals surface area contributed by atoms with Gasteiger partial charge in [-0.25, -0.2) is 0 Å². The second-order valence-electron chi connectivity index (χ2n) is 12.0. The number of benzene rings is 2. The van der Waals surface area contributed by atoms with E-state index in [9.17, 15) is 10.1 Å². The second-order valence-corrected chi connectivity index (χ2v) is 12.4. The third-order valence-electron chi connectivity index (χ3n) is 7.72. The number of aromatic nitrogens is 2. The molecule has 6 rings (SSSR count). The Morgan fingerprint density at radius 2 is 2.05 bits per heavy atom. The van der Waals surface area contributed by atoms with Crippen molar-refractivity contribution in [3.05, 3.63) is 83.0 Å². The number of nitrogens with one attached hydrogen (secondary N) is 4. The van der Waals surface area contributed by atoms with Gasteiger partial charge in [-0.15, -0.1) is 5.53 Å². The van der Waals surface area contributed by atoms with Gasteiger partial charge in [0, 0.05) is 47.8 Å². The lowest BCUT2D eigenvalue weighted by Gasteiger charge is -2.24. The Balaban J connectivity index is 1.46. The van der Waals surface area contributed by atoms with Crippen molar-refractivity contribution in [3.63, 3.8) is 0 Å². The lowest BCUT2D eigenvalue weighted by atomic mass is 9.96. The second kappa shape index (κ2) is 10.4. The summed E-state index contributed by atoms with van der Waals surface area (Å²) in [4.78, 5) is 21.0. The molecule has 2 aliphatic rings.